The zero-order chi connectivity index (χ0) is 14.7. The summed E-state index contributed by atoms with van der Waals surface area (Å²) in [6, 6.07) is 16.0. The molecule has 1 heterocycles. The highest BCUT2D eigenvalue weighted by molar-refractivity contribution is 7.98. The number of thioether (sulfide) groups is 1. The molecule has 0 aliphatic carbocycles. The van der Waals surface area contributed by atoms with Gasteiger partial charge in [0.2, 0.25) is 5.16 Å². The number of benzene rings is 2. The first-order valence-electron chi connectivity index (χ1n) is 6.58. The average Bonchev–Trinajstić information content (AvgIpc) is 2.96. The Morgan fingerprint density at radius 2 is 1.86 bits per heavy atom. The molecule has 0 saturated carbocycles. The third kappa shape index (κ3) is 3.28. The zero-order valence-electron chi connectivity index (χ0n) is 11.5. The number of halogens is 1. The summed E-state index contributed by atoms with van der Waals surface area (Å²) >= 11 is 7.72. The highest BCUT2D eigenvalue weighted by Crippen LogP contribution is 2.26. The average molecular weight is 316 g/mol. The molecule has 3 aromatic rings. The van der Waals surface area contributed by atoms with Gasteiger partial charge in [-0.3, -0.25) is 5.10 Å². The zero-order valence-corrected chi connectivity index (χ0v) is 13.1. The van der Waals surface area contributed by atoms with Crippen LogP contribution in [0.4, 0.5) is 0 Å². The van der Waals surface area contributed by atoms with Crippen molar-refractivity contribution in [2.75, 3.05) is 0 Å². The van der Waals surface area contributed by atoms with Crippen molar-refractivity contribution in [3.05, 3.63) is 64.7 Å². The van der Waals surface area contributed by atoms with Crippen LogP contribution < -0.4 is 0 Å². The number of rotatable bonds is 4. The minimum absolute atomic E-state index is 0.730. The van der Waals surface area contributed by atoms with Gasteiger partial charge in [0.1, 0.15) is 0 Å². The number of hydrogen-bond donors (Lipinski definition) is 1. The van der Waals surface area contributed by atoms with Crippen LogP contribution in [0, 0.1) is 6.92 Å². The van der Waals surface area contributed by atoms with E-state index in [1.165, 1.54) is 5.56 Å². The second kappa shape index (κ2) is 6.33. The van der Waals surface area contributed by atoms with Crippen LogP contribution in [0.2, 0.25) is 5.02 Å². The molecular weight excluding hydrogens is 302 g/mol. The maximum Gasteiger partial charge on any atom is 0.209 e. The van der Waals surface area contributed by atoms with E-state index in [-0.39, 0.29) is 0 Å². The first kappa shape index (κ1) is 14.2. The van der Waals surface area contributed by atoms with Gasteiger partial charge >= 0.3 is 0 Å². The fraction of sp³-hybridized carbons (Fsp3) is 0.125. The van der Waals surface area contributed by atoms with Gasteiger partial charge in [0, 0.05) is 16.3 Å². The standard InChI is InChI=1S/C16H14ClN3S/c1-11-6-2-4-8-13(11)15-18-16(20-19-15)21-10-12-7-3-5-9-14(12)17/h2-9H,10H2,1H3,(H,18,19,20). The van der Waals surface area contributed by atoms with Gasteiger partial charge in [-0.05, 0) is 24.1 Å². The summed E-state index contributed by atoms with van der Waals surface area (Å²) in [6.07, 6.45) is 0. The lowest BCUT2D eigenvalue weighted by atomic mass is 10.1. The van der Waals surface area contributed by atoms with Crippen molar-refractivity contribution in [3.8, 4) is 11.4 Å². The van der Waals surface area contributed by atoms with Crippen molar-refractivity contribution >= 4 is 23.4 Å². The van der Waals surface area contributed by atoms with Crippen LogP contribution >= 0.6 is 23.4 Å². The van der Waals surface area contributed by atoms with E-state index in [0.717, 1.165) is 32.9 Å². The van der Waals surface area contributed by atoms with Crippen molar-refractivity contribution in [2.45, 2.75) is 17.8 Å². The largest absolute Gasteiger partial charge is 0.258 e. The Morgan fingerprint density at radius 1 is 1.10 bits per heavy atom. The van der Waals surface area contributed by atoms with Gasteiger partial charge in [-0.2, -0.15) is 0 Å². The molecule has 0 amide bonds. The van der Waals surface area contributed by atoms with E-state index >= 15 is 0 Å². The fourth-order valence-corrected chi connectivity index (χ4v) is 3.11. The number of nitrogens with zero attached hydrogens (tertiary/aromatic N) is 2. The molecule has 0 bridgehead atoms. The van der Waals surface area contributed by atoms with Gasteiger partial charge in [0.25, 0.3) is 0 Å². The molecule has 5 heteroatoms. The van der Waals surface area contributed by atoms with E-state index in [2.05, 4.69) is 28.2 Å². The van der Waals surface area contributed by atoms with E-state index in [4.69, 9.17) is 11.6 Å². The van der Waals surface area contributed by atoms with Gasteiger partial charge in [-0.15, -0.1) is 5.10 Å². The molecule has 106 valence electrons. The third-order valence-corrected chi connectivity index (χ3v) is 4.44. The number of aromatic amines is 1. The molecule has 3 rings (SSSR count). The molecule has 2 aromatic carbocycles. The smallest absolute Gasteiger partial charge is 0.209 e. The number of H-pyrrole nitrogens is 1. The predicted molar refractivity (Wildman–Crippen MR) is 87.6 cm³/mol. The van der Waals surface area contributed by atoms with E-state index in [1.807, 2.05) is 42.5 Å². The van der Waals surface area contributed by atoms with Crippen molar-refractivity contribution in [2.24, 2.45) is 0 Å². The van der Waals surface area contributed by atoms with Gasteiger partial charge in [0.15, 0.2) is 5.82 Å². The van der Waals surface area contributed by atoms with Crippen molar-refractivity contribution in [1.29, 1.82) is 0 Å². The summed E-state index contributed by atoms with van der Waals surface area (Å²) < 4.78 is 0. The first-order chi connectivity index (χ1) is 10.2. The van der Waals surface area contributed by atoms with Crippen LogP contribution in [0.1, 0.15) is 11.1 Å². The summed E-state index contributed by atoms with van der Waals surface area (Å²) in [5, 5.41) is 8.77. The third-order valence-electron chi connectivity index (χ3n) is 3.18. The van der Waals surface area contributed by atoms with Crippen molar-refractivity contribution in [1.82, 2.24) is 15.2 Å². The van der Waals surface area contributed by atoms with Gasteiger partial charge in [-0.25, -0.2) is 4.98 Å². The summed E-state index contributed by atoms with van der Waals surface area (Å²) in [6.45, 7) is 2.06. The summed E-state index contributed by atoms with van der Waals surface area (Å²) in [5.41, 5.74) is 3.34. The molecule has 0 unspecified atom stereocenters. The molecule has 0 fully saturated rings. The van der Waals surface area contributed by atoms with Crippen molar-refractivity contribution < 1.29 is 0 Å². The Balaban J connectivity index is 1.74. The minimum atomic E-state index is 0.730. The Morgan fingerprint density at radius 3 is 2.67 bits per heavy atom. The molecule has 0 spiro atoms. The van der Waals surface area contributed by atoms with Gasteiger partial charge < -0.3 is 0 Å². The number of aromatic nitrogens is 3. The molecule has 0 aliphatic heterocycles. The quantitative estimate of drug-likeness (QED) is 0.708. The minimum Gasteiger partial charge on any atom is -0.258 e. The predicted octanol–water partition coefficient (Wildman–Crippen LogP) is 4.73. The van der Waals surface area contributed by atoms with E-state index in [9.17, 15) is 0 Å². The van der Waals surface area contributed by atoms with Crippen molar-refractivity contribution in [3.63, 3.8) is 0 Å². The van der Waals surface area contributed by atoms with E-state index in [1.54, 1.807) is 11.8 Å². The number of hydrogen-bond acceptors (Lipinski definition) is 3. The van der Waals surface area contributed by atoms with Crippen LogP contribution in [-0.2, 0) is 5.75 Å². The summed E-state index contributed by atoms with van der Waals surface area (Å²) in [5.74, 6) is 1.56. The lowest BCUT2D eigenvalue weighted by Gasteiger charge is -2.01. The molecule has 0 radical (unpaired) electrons. The monoisotopic (exact) mass is 315 g/mol. The molecule has 1 aromatic heterocycles. The lowest BCUT2D eigenvalue weighted by Crippen LogP contribution is -1.85. The van der Waals surface area contributed by atoms with Gasteiger partial charge in [-0.1, -0.05) is 65.8 Å². The summed E-state index contributed by atoms with van der Waals surface area (Å²) in [4.78, 5) is 4.54. The topological polar surface area (TPSA) is 41.6 Å². The molecule has 0 atom stereocenters. The highest BCUT2D eigenvalue weighted by Gasteiger charge is 2.09. The lowest BCUT2D eigenvalue weighted by molar-refractivity contribution is 0.973. The number of aryl methyl sites for hydroxylation is 1. The Bertz CT molecular complexity index is 755. The fourth-order valence-electron chi connectivity index (χ4n) is 2.03. The highest BCUT2D eigenvalue weighted by atomic mass is 35.5. The SMILES string of the molecule is Cc1ccccc1-c1nc(SCc2ccccc2Cl)n[nH]1. The van der Waals surface area contributed by atoms with E-state index < -0.39 is 0 Å². The van der Waals surface area contributed by atoms with Gasteiger partial charge in [0.05, 0.1) is 0 Å². The Hall–Kier alpha value is -1.78. The second-order valence-electron chi connectivity index (χ2n) is 4.66. The van der Waals surface area contributed by atoms with Crippen LogP contribution in [0.3, 0.4) is 0 Å². The number of nitrogens with one attached hydrogen (secondary N) is 1. The first-order valence-corrected chi connectivity index (χ1v) is 7.95. The Labute approximate surface area is 132 Å². The van der Waals surface area contributed by atoms with Crippen LogP contribution in [0.25, 0.3) is 11.4 Å². The summed E-state index contributed by atoms with van der Waals surface area (Å²) in [7, 11) is 0. The molecule has 0 aliphatic rings. The molecule has 21 heavy (non-hydrogen) atoms. The second-order valence-corrected chi connectivity index (χ2v) is 6.01. The maximum absolute atomic E-state index is 6.15. The van der Waals surface area contributed by atoms with Crippen LogP contribution in [-0.4, -0.2) is 15.2 Å². The molecule has 3 nitrogen and oxygen atoms in total. The molecule has 1 N–H and O–H groups in total. The van der Waals surface area contributed by atoms with Crippen LogP contribution in [0.15, 0.2) is 53.7 Å². The molecular formula is C16H14ClN3S. The maximum atomic E-state index is 6.15. The van der Waals surface area contributed by atoms with Crippen LogP contribution in [0.5, 0.6) is 0 Å². The molecule has 0 saturated heterocycles. The normalized spacial score (nSPS) is 10.8. The Kier molecular flexibility index (Phi) is 4.27. The van der Waals surface area contributed by atoms with E-state index in [0.29, 0.717) is 0 Å².